The van der Waals surface area contributed by atoms with Crippen LogP contribution in [-0.2, 0) is 4.79 Å². The average Bonchev–Trinajstić information content (AvgIpc) is 3.13. The highest BCUT2D eigenvalue weighted by Gasteiger charge is 2.24. The first-order valence-corrected chi connectivity index (χ1v) is 8.05. The van der Waals surface area contributed by atoms with Crippen molar-refractivity contribution in [2.75, 3.05) is 6.79 Å². The Hall–Kier alpha value is -3.86. The van der Waals surface area contributed by atoms with E-state index in [1.807, 2.05) is 30.3 Å². The molecule has 1 amide bonds. The number of carbonyl (C=O) groups is 1. The molecule has 1 N–H and O–H groups in total. The second-order valence-electron chi connectivity index (χ2n) is 5.80. The first-order valence-electron chi connectivity index (χ1n) is 8.05. The van der Waals surface area contributed by atoms with Crippen LogP contribution in [0, 0.1) is 21.4 Å². The Morgan fingerprint density at radius 1 is 1.30 bits per heavy atom. The maximum atomic E-state index is 12.4. The van der Waals surface area contributed by atoms with Crippen molar-refractivity contribution in [3.05, 3.63) is 69.3 Å². The quantitative estimate of drug-likeness (QED) is 0.377. The van der Waals surface area contributed by atoms with Gasteiger partial charge in [-0.1, -0.05) is 30.3 Å². The third-order valence-electron chi connectivity index (χ3n) is 4.03. The van der Waals surface area contributed by atoms with Gasteiger partial charge in [-0.05, 0) is 24.6 Å². The van der Waals surface area contributed by atoms with Crippen LogP contribution in [0.5, 0.6) is 11.5 Å². The fourth-order valence-electron chi connectivity index (χ4n) is 2.62. The van der Waals surface area contributed by atoms with Crippen molar-refractivity contribution in [2.45, 2.75) is 13.0 Å². The fraction of sp³-hybridized carbons (Fsp3) is 0.158. The van der Waals surface area contributed by atoms with Gasteiger partial charge in [-0.2, -0.15) is 5.26 Å². The van der Waals surface area contributed by atoms with Crippen molar-refractivity contribution in [1.29, 1.82) is 5.26 Å². The Balaban J connectivity index is 1.89. The summed E-state index contributed by atoms with van der Waals surface area (Å²) >= 11 is 0. The summed E-state index contributed by atoms with van der Waals surface area (Å²) in [6.07, 6.45) is 1.17. The van der Waals surface area contributed by atoms with E-state index in [2.05, 4.69) is 5.32 Å². The minimum atomic E-state index is -0.624. The standard InChI is InChI=1S/C19H15N3O5/c1-12(13-5-3-2-4-6-13)21-19(23)15(10-20)7-14-8-17-18(27-11-26-17)9-16(14)22(24)25/h2-9,12H,11H2,1H3,(H,21,23)/b15-7+/t12-/m0/s1. The molecule has 0 spiro atoms. The van der Waals surface area contributed by atoms with E-state index in [0.717, 1.165) is 5.56 Å². The zero-order valence-electron chi connectivity index (χ0n) is 14.3. The van der Waals surface area contributed by atoms with Crippen LogP contribution < -0.4 is 14.8 Å². The summed E-state index contributed by atoms with van der Waals surface area (Å²) in [5.41, 5.74) is 0.427. The highest BCUT2D eigenvalue weighted by Crippen LogP contribution is 2.38. The predicted molar refractivity (Wildman–Crippen MR) is 95.8 cm³/mol. The monoisotopic (exact) mass is 365 g/mol. The number of amides is 1. The van der Waals surface area contributed by atoms with Crippen LogP contribution in [0.4, 0.5) is 5.69 Å². The second kappa shape index (κ2) is 7.58. The van der Waals surface area contributed by atoms with Crippen molar-refractivity contribution < 1.29 is 19.2 Å². The predicted octanol–water partition coefficient (Wildman–Crippen LogP) is 3.11. The average molecular weight is 365 g/mol. The summed E-state index contributed by atoms with van der Waals surface area (Å²) in [6.45, 7) is 1.74. The SMILES string of the molecule is C[C@H](NC(=O)/C(C#N)=C/c1cc2c(cc1[N+](=O)[O-])OCO2)c1ccccc1. The number of nitriles is 1. The first-order chi connectivity index (χ1) is 13.0. The third kappa shape index (κ3) is 3.88. The number of nitro benzene ring substituents is 1. The molecule has 0 radical (unpaired) electrons. The van der Waals surface area contributed by atoms with Gasteiger partial charge in [0.2, 0.25) is 6.79 Å². The molecule has 1 aliphatic heterocycles. The Kier molecular flexibility index (Phi) is 5.04. The van der Waals surface area contributed by atoms with Crippen LogP contribution in [0.15, 0.2) is 48.0 Å². The van der Waals surface area contributed by atoms with Crippen molar-refractivity contribution in [1.82, 2.24) is 5.32 Å². The van der Waals surface area contributed by atoms with Gasteiger partial charge in [0.05, 0.1) is 22.6 Å². The third-order valence-corrected chi connectivity index (χ3v) is 4.03. The molecule has 0 saturated heterocycles. The zero-order valence-corrected chi connectivity index (χ0v) is 14.3. The number of benzene rings is 2. The summed E-state index contributed by atoms with van der Waals surface area (Å²) in [4.78, 5) is 23.2. The van der Waals surface area contributed by atoms with Gasteiger partial charge >= 0.3 is 0 Å². The van der Waals surface area contributed by atoms with E-state index in [0.29, 0.717) is 5.75 Å². The van der Waals surface area contributed by atoms with Crippen molar-refractivity contribution in [3.8, 4) is 17.6 Å². The topological polar surface area (TPSA) is 114 Å². The molecule has 2 aromatic carbocycles. The largest absolute Gasteiger partial charge is 0.454 e. The van der Waals surface area contributed by atoms with Gasteiger partial charge in [0, 0.05) is 0 Å². The molecule has 1 atom stereocenters. The molecule has 0 saturated carbocycles. The molecule has 0 aromatic heterocycles. The number of nitrogens with one attached hydrogen (secondary N) is 1. The van der Waals surface area contributed by atoms with Gasteiger partial charge in [0.15, 0.2) is 11.5 Å². The number of hydrogen-bond acceptors (Lipinski definition) is 6. The molecule has 0 fully saturated rings. The van der Waals surface area contributed by atoms with Crippen molar-refractivity contribution in [3.63, 3.8) is 0 Å². The lowest BCUT2D eigenvalue weighted by Crippen LogP contribution is -2.27. The van der Waals surface area contributed by atoms with E-state index in [-0.39, 0.29) is 35.4 Å². The second-order valence-corrected chi connectivity index (χ2v) is 5.80. The molecule has 2 aromatic rings. The summed E-state index contributed by atoms with van der Waals surface area (Å²) in [5, 5.41) is 23.4. The summed E-state index contributed by atoms with van der Waals surface area (Å²) in [5.74, 6) is -0.0532. The fourth-order valence-corrected chi connectivity index (χ4v) is 2.62. The smallest absolute Gasteiger partial charge is 0.280 e. The Morgan fingerprint density at radius 2 is 1.96 bits per heavy atom. The molecule has 0 unspecified atom stereocenters. The molecule has 8 nitrogen and oxygen atoms in total. The van der Waals surface area contributed by atoms with E-state index in [1.54, 1.807) is 13.0 Å². The molecule has 3 rings (SSSR count). The number of hydrogen-bond donors (Lipinski definition) is 1. The normalized spacial score (nSPS) is 13.6. The number of fused-ring (bicyclic) bond motifs is 1. The van der Waals surface area contributed by atoms with E-state index < -0.39 is 10.8 Å². The molecule has 0 aliphatic carbocycles. The van der Waals surface area contributed by atoms with Crippen LogP contribution in [0.1, 0.15) is 24.1 Å². The minimum Gasteiger partial charge on any atom is -0.454 e. The summed E-state index contributed by atoms with van der Waals surface area (Å²) in [7, 11) is 0. The molecule has 27 heavy (non-hydrogen) atoms. The van der Waals surface area contributed by atoms with Crippen LogP contribution >= 0.6 is 0 Å². The van der Waals surface area contributed by atoms with Crippen molar-refractivity contribution in [2.24, 2.45) is 0 Å². The van der Waals surface area contributed by atoms with Crippen LogP contribution in [0.2, 0.25) is 0 Å². The van der Waals surface area contributed by atoms with Crippen molar-refractivity contribution >= 4 is 17.7 Å². The van der Waals surface area contributed by atoms with Gasteiger partial charge in [0.1, 0.15) is 11.6 Å². The number of ether oxygens (including phenoxy) is 2. The van der Waals surface area contributed by atoms with Crippen LogP contribution in [-0.4, -0.2) is 17.6 Å². The molecule has 0 bridgehead atoms. The minimum absolute atomic E-state index is 0.0418. The lowest BCUT2D eigenvalue weighted by atomic mass is 10.1. The highest BCUT2D eigenvalue weighted by molar-refractivity contribution is 6.02. The van der Waals surface area contributed by atoms with E-state index in [4.69, 9.17) is 9.47 Å². The lowest BCUT2D eigenvalue weighted by Gasteiger charge is -2.13. The number of carbonyl (C=O) groups excluding carboxylic acids is 1. The van der Waals surface area contributed by atoms with E-state index >= 15 is 0 Å². The van der Waals surface area contributed by atoms with E-state index in [1.165, 1.54) is 18.2 Å². The van der Waals surface area contributed by atoms with Gasteiger partial charge in [0.25, 0.3) is 11.6 Å². The number of nitro groups is 1. The molecule has 8 heteroatoms. The summed E-state index contributed by atoms with van der Waals surface area (Å²) < 4.78 is 10.3. The Morgan fingerprint density at radius 3 is 2.59 bits per heavy atom. The first kappa shape index (κ1) is 17.9. The van der Waals surface area contributed by atoms with Gasteiger partial charge in [-0.3, -0.25) is 14.9 Å². The number of rotatable bonds is 5. The van der Waals surface area contributed by atoms with Crippen LogP contribution in [0.3, 0.4) is 0 Å². The highest BCUT2D eigenvalue weighted by atomic mass is 16.7. The molecule has 1 heterocycles. The van der Waals surface area contributed by atoms with Gasteiger partial charge < -0.3 is 14.8 Å². The Labute approximate surface area is 154 Å². The maximum absolute atomic E-state index is 12.4. The zero-order chi connectivity index (χ0) is 19.4. The molecular weight excluding hydrogens is 350 g/mol. The van der Waals surface area contributed by atoms with Crippen LogP contribution in [0.25, 0.3) is 6.08 Å². The summed E-state index contributed by atoms with van der Waals surface area (Å²) in [6, 6.07) is 13.3. The molecule has 1 aliphatic rings. The lowest BCUT2D eigenvalue weighted by molar-refractivity contribution is -0.385. The number of nitrogens with zero attached hydrogens (tertiary/aromatic N) is 2. The van der Waals surface area contributed by atoms with Gasteiger partial charge in [-0.25, -0.2) is 0 Å². The molecular formula is C19H15N3O5. The van der Waals surface area contributed by atoms with E-state index in [9.17, 15) is 20.2 Å². The maximum Gasteiger partial charge on any atom is 0.280 e. The Bertz CT molecular complexity index is 963. The molecule has 136 valence electrons. The van der Waals surface area contributed by atoms with Gasteiger partial charge in [-0.15, -0.1) is 0 Å².